The molecule has 0 aromatic carbocycles. The van der Waals surface area contributed by atoms with E-state index < -0.39 is 17.8 Å². The van der Waals surface area contributed by atoms with Crippen molar-refractivity contribution in [2.24, 2.45) is 0 Å². The molecule has 1 N–H and O–H groups in total. The average molecular weight is 688 g/mol. The molecule has 284 valence electrons. The molecular weight excluding hydrogens is 610 g/mol. The Bertz CT molecular complexity index is 845. The van der Waals surface area contributed by atoms with Gasteiger partial charge in [-0.3, -0.25) is 14.4 Å². The molecule has 0 radical (unpaired) electrons. The van der Waals surface area contributed by atoms with Gasteiger partial charge in [-0.2, -0.15) is 0 Å². The highest BCUT2D eigenvalue weighted by atomic mass is 16.5. The molecule has 1 amide bonds. The van der Waals surface area contributed by atoms with Crippen LogP contribution in [0.3, 0.4) is 0 Å². The maximum atomic E-state index is 12.8. The third kappa shape index (κ3) is 25.6. The maximum absolute atomic E-state index is 12.8. The predicted octanol–water partition coefficient (Wildman–Crippen LogP) is 12.4. The van der Waals surface area contributed by atoms with Crippen LogP contribution in [0.4, 0.5) is 0 Å². The first-order valence-corrected chi connectivity index (χ1v) is 21.3. The SMILES string of the molecule is CCCCCCCCCCCCCCCCCC(CCCCCCCCCCCCCCCCC)=C(OC(=O)[C@@H]1CCC(=O)N1)C(=O)C=O. The Balaban J connectivity index is 2.40. The number of Topliss-reactive ketones (excluding diaryl/α,β-unsaturated/α-hetero) is 1. The van der Waals surface area contributed by atoms with Gasteiger partial charge in [-0.1, -0.05) is 194 Å². The van der Waals surface area contributed by atoms with Crippen molar-refractivity contribution in [3.05, 3.63) is 11.3 Å². The number of hydrogen-bond donors (Lipinski definition) is 1. The normalized spacial score (nSPS) is 14.2. The lowest BCUT2D eigenvalue weighted by molar-refractivity contribution is -0.145. The molecule has 0 bridgehead atoms. The van der Waals surface area contributed by atoms with E-state index in [1.807, 2.05) is 0 Å². The van der Waals surface area contributed by atoms with Crippen LogP contribution in [0.15, 0.2) is 11.3 Å². The fourth-order valence-corrected chi connectivity index (χ4v) is 7.08. The van der Waals surface area contributed by atoms with E-state index in [4.69, 9.17) is 4.74 Å². The smallest absolute Gasteiger partial charge is 0.334 e. The van der Waals surface area contributed by atoms with Crippen LogP contribution >= 0.6 is 0 Å². The lowest BCUT2D eigenvalue weighted by atomic mass is 9.97. The van der Waals surface area contributed by atoms with E-state index in [0.29, 0.717) is 19.3 Å². The Kier molecular flexibility index (Phi) is 30.5. The number of carbonyl (C=O) groups excluding carboxylic acids is 4. The highest BCUT2D eigenvalue weighted by molar-refractivity contribution is 6.32. The van der Waals surface area contributed by atoms with Gasteiger partial charge in [0.25, 0.3) is 5.78 Å². The predicted molar refractivity (Wildman–Crippen MR) is 204 cm³/mol. The minimum Gasteiger partial charge on any atom is -0.421 e. The summed E-state index contributed by atoms with van der Waals surface area (Å²) < 4.78 is 5.59. The van der Waals surface area contributed by atoms with Crippen molar-refractivity contribution in [3.8, 4) is 0 Å². The quantitative estimate of drug-likeness (QED) is 0.0177. The van der Waals surface area contributed by atoms with Gasteiger partial charge in [-0.05, 0) is 37.7 Å². The first-order valence-electron chi connectivity index (χ1n) is 21.3. The van der Waals surface area contributed by atoms with Gasteiger partial charge in [-0.15, -0.1) is 0 Å². The molecule has 0 spiro atoms. The van der Waals surface area contributed by atoms with Crippen LogP contribution in [-0.2, 0) is 23.9 Å². The second-order valence-electron chi connectivity index (χ2n) is 14.9. The molecular formula is C43H77NO5. The van der Waals surface area contributed by atoms with Gasteiger partial charge in [0.2, 0.25) is 5.91 Å². The van der Waals surface area contributed by atoms with Gasteiger partial charge in [0.1, 0.15) is 6.04 Å². The molecule has 0 aliphatic carbocycles. The van der Waals surface area contributed by atoms with Crippen LogP contribution in [-0.4, -0.2) is 30.0 Å². The standard InChI is InChI=1S/C43H77NO5/c1-3-5-7-9-11-13-15-17-19-21-23-25-27-29-31-33-38(42(40(46)37-45)49-43(48)39-35-36-41(47)44-39)34-32-30-28-26-24-22-20-18-16-14-12-10-8-6-4-2/h37,39H,3-36H2,1-2H3,(H,44,47)/t39-/m0/s1. The number of hydrogen-bond acceptors (Lipinski definition) is 5. The van der Waals surface area contributed by atoms with Gasteiger partial charge >= 0.3 is 5.97 Å². The van der Waals surface area contributed by atoms with Crippen LogP contribution in [0.25, 0.3) is 0 Å². The topological polar surface area (TPSA) is 89.5 Å². The number of ether oxygens (including phenoxy) is 1. The number of carbonyl (C=O) groups is 4. The first kappa shape index (κ1) is 45.0. The number of amides is 1. The minimum absolute atomic E-state index is 0.0862. The molecule has 6 heteroatoms. The first-order chi connectivity index (χ1) is 24.0. The van der Waals surface area contributed by atoms with Crippen LogP contribution < -0.4 is 5.32 Å². The summed E-state index contributed by atoms with van der Waals surface area (Å²) in [6.07, 6.45) is 40.8. The molecule has 1 aliphatic heterocycles. The Morgan fingerprint density at radius 2 is 0.898 bits per heavy atom. The second-order valence-corrected chi connectivity index (χ2v) is 14.9. The number of unbranched alkanes of at least 4 members (excludes halogenated alkanes) is 28. The summed E-state index contributed by atoms with van der Waals surface area (Å²) in [5, 5.41) is 2.62. The molecule has 6 nitrogen and oxygen atoms in total. The average Bonchev–Trinajstić information content (AvgIpc) is 3.55. The highest BCUT2D eigenvalue weighted by Gasteiger charge is 2.31. The third-order valence-corrected chi connectivity index (χ3v) is 10.3. The van der Waals surface area contributed by atoms with Gasteiger partial charge in [0.15, 0.2) is 12.0 Å². The molecule has 0 unspecified atom stereocenters. The van der Waals surface area contributed by atoms with Crippen molar-refractivity contribution in [2.75, 3.05) is 0 Å². The van der Waals surface area contributed by atoms with Crippen LogP contribution in [0.1, 0.15) is 232 Å². The Hall–Kier alpha value is -1.98. The number of rotatable bonds is 36. The van der Waals surface area contributed by atoms with E-state index in [1.165, 1.54) is 154 Å². The summed E-state index contributed by atoms with van der Waals surface area (Å²) in [5.41, 5.74) is 0.791. The zero-order chi connectivity index (χ0) is 35.6. The Morgan fingerprint density at radius 3 is 1.18 bits per heavy atom. The van der Waals surface area contributed by atoms with Gasteiger partial charge in [0.05, 0.1) is 0 Å². The van der Waals surface area contributed by atoms with E-state index >= 15 is 0 Å². The largest absolute Gasteiger partial charge is 0.421 e. The zero-order valence-electron chi connectivity index (χ0n) is 32.2. The molecule has 1 heterocycles. The lowest BCUT2D eigenvalue weighted by Gasteiger charge is -2.16. The maximum Gasteiger partial charge on any atom is 0.334 e. The third-order valence-electron chi connectivity index (χ3n) is 10.3. The molecule has 49 heavy (non-hydrogen) atoms. The molecule has 0 saturated carbocycles. The molecule has 1 atom stereocenters. The second kappa shape index (κ2) is 33.2. The van der Waals surface area contributed by atoms with Crippen LogP contribution in [0.5, 0.6) is 0 Å². The monoisotopic (exact) mass is 688 g/mol. The van der Waals surface area contributed by atoms with Crippen molar-refractivity contribution in [3.63, 3.8) is 0 Å². The van der Waals surface area contributed by atoms with Gasteiger partial charge in [-0.25, -0.2) is 4.79 Å². The van der Waals surface area contributed by atoms with Crippen molar-refractivity contribution in [1.82, 2.24) is 5.32 Å². The molecule has 1 fully saturated rings. The Morgan fingerprint density at radius 1 is 0.571 bits per heavy atom. The van der Waals surface area contributed by atoms with E-state index in [1.54, 1.807) is 0 Å². The minimum atomic E-state index is -0.769. The molecule has 1 saturated heterocycles. The number of allylic oxidation sites excluding steroid dienone is 2. The van der Waals surface area contributed by atoms with E-state index in [-0.39, 0.29) is 24.4 Å². The molecule has 1 aliphatic rings. The van der Waals surface area contributed by atoms with Crippen LogP contribution in [0, 0.1) is 0 Å². The summed E-state index contributed by atoms with van der Waals surface area (Å²) in [7, 11) is 0. The van der Waals surface area contributed by atoms with E-state index in [0.717, 1.165) is 44.1 Å². The molecule has 0 aromatic rings. The fraction of sp³-hybridized carbons (Fsp3) is 0.860. The van der Waals surface area contributed by atoms with Crippen molar-refractivity contribution < 1.29 is 23.9 Å². The summed E-state index contributed by atoms with van der Waals surface area (Å²) in [6, 6.07) is -0.750. The number of nitrogens with one attached hydrogen (secondary N) is 1. The van der Waals surface area contributed by atoms with E-state index in [9.17, 15) is 19.2 Å². The number of aldehydes is 1. The van der Waals surface area contributed by atoms with Crippen molar-refractivity contribution in [2.45, 2.75) is 238 Å². The zero-order valence-corrected chi connectivity index (χ0v) is 32.2. The van der Waals surface area contributed by atoms with Crippen molar-refractivity contribution in [1.29, 1.82) is 0 Å². The van der Waals surface area contributed by atoms with Gasteiger partial charge in [0, 0.05) is 6.42 Å². The summed E-state index contributed by atoms with van der Waals surface area (Å²) in [5.74, 6) is -1.68. The van der Waals surface area contributed by atoms with E-state index in [2.05, 4.69) is 19.2 Å². The lowest BCUT2D eigenvalue weighted by Crippen LogP contribution is -2.35. The number of esters is 1. The summed E-state index contributed by atoms with van der Waals surface area (Å²) >= 11 is 0. The fourth-order valence-electron chi connectivity index (χ4n) is 7.08. The highest BCUT2D eigenvalue weighted by Crippen LogP contribution is 2.25. The molecule has 0 aromatic heterocycles. The van der Waals surface area contributed by atoms with Crippen LogP contribution in [0.2, 0.25) is 0 Å². The Labute approximate surface area is 302 Å². The summed E-state index contributed by atoms with van der Waals surface area (Å²) in [6.45, 7) is 4.54. The summed E-state index contributed by atoms with van der Waals surface area (Å²) in [4.78, 5) is 48.7. The van der Waals surface area contributed by atoms with Gasteiger partial charge < -0.3 is 10.1 Å². The van der Waals surface area contributed by atoms with Crippen molar-refractivity contribution >= 4 is 23.9 Å². The number of ketones is 1. The molecule has 1 rings (SSSR count).